The predicted molar refractivity (Wildman–Crippen MR) is 67.7 cm³/mol. The molecule has 0 unspecified atom stereocenters. The van der Waals surface area contributed by atoms with Crippen molar-refractivity contribution in [3.8, 4) is 0 Å². The van der Waals surface area contributed by atoms with Crippen molar-refractivity contribution in [2.45, 2.75) is 25.7 Å². The fraction of sp³-hybridized carbons (Fsp3) is 0.286. The summed E-state index contributed by atoms with van der Waals surface area (Å²) in [5.74, 6) is 0.947. The summed E-state index contributed by atoms with van der Waals surface area (Å²) in [5, 5.41) is 0. The van der Waals surface area contributed by atoms with Gasteiger partial charge < -0.3 is 5.73 Å². The van der Waals surface area contributed by atoms with Gasteiger partial charge >= 0.3 is 0 Å². The molecule has 4 heteroatoms. The molecule has 3 nitrogen and oxygen atoms in total. The molecule has 1 aromatic carbocycles. The van der Waals surface area contributed by atoms with E-state index in [-0.39, 0.29) is 5.82 Å². The highest BCUT2D eigenvalue weighted by Gasteiger charge is 2.18. The van der Waals surface area contributed by atoms with Gasteiger partial charge in [0, 0.05) is 17.7 Å². The van der Waals surface area contributed by atoms with Gasteiger partial charge in [0.2, 0.25) is 0 Å². The molecule has 2 aromatic rings. The average molecular weight is 243 g/mol. The van der Waals surface area contributed by atoms with E-state index in [1.807, 2.05) is 6.07 Å². The van der Waals surface area contributed by atoms with Crippen molar-refractivity contribution >= 4 is 5.82 Å². The fourth-order valence-corrected chi connectivity index (χ4v) is 2.41. The summed E-state index contributed by atoms with van der Waals surface area (Å²) in [4.78, 5) is 8.77. The van der Waals surface area contributed by atoms with Crippen LogP contribution in [0.15, 0.2) is 24.3 Å². The average Bonchev–Trinajstić information content (AvgIpc) is 2.81. The van der Waals surface area contributed by atoms with Gasteiger partial charge in [-0.15, -0.1) is 0 Å². The van der Waals surface area contributed by atoms with Crippen molar-refractivity contribution in [2.75, 3.05) is 5.73 Å². The van der Waals surface area contributed by atoms with Gasteiger partial charge in [-0.1, -0.05) is 18.2 Å². The minimum absolute atomic E-state index is 0.222. The lowest BCUT2D eigenvalue weighted by Crippen LogP contribution is -2.06. The smallest absolute Gasteiger partial charge is 0.135 e. The SMILES string of the molecule is Nc1nc(Cc2ccccc2F)nc2c1CCC2. The third-order valence-electron chi connectivity index (χ3n) is 3.32. The van der Waals surface area contributed by atoms with Gasteiger partial charge in [0.05, 0.1) is 0 Å². The van der Waals surface area contributed by atoms with E-state index in [2.05, 4.69) is 9.97 Å². The van der Waals surface area contributed by atoms with Gasteiger partial charge in [-0.25, -0.2) is 14.4 Å². The Kier molecular flexibility index (Phi) is 2.70. The van der Waals surface area contributed by atoms with Crippen molar-refractivity contribution in [3.05, 3.63) is 52.7 Å². The lowest BCUT2D eigenvalue weighted by Gasteiger charge is -2.07. The number of anilines is 1. The van der Waals surface area contributed by atoms with Crippen LogP contribution in [-0.4, -0.2) is 9.97 Å². The third-order valence-corrected chi connectivity index (χ3v) is 3.32. The molecule has 3 rings (SSSR count). The van der Waals surface area contributed by atoms with Crippen LogP contribution in [-0.2, 0) is 19.3 Å². The predicted octanol–water partition coefficient (Wildman–Crippen LogP) is 2.28. The van der Waals surface area contributed by atoms with Crippen LogP contribution in [0.3, 0.4) is 0 Å². The number of aromatic nitrogens is 2. The summed E-state index contributed by atoms with van der Waals surface area (Å²) >= 11 is 0. The standard InChI is InChI=1S/C14H14FN3/c15-11-6-2-1-4-9(11)8-13-17-12-7-3-5-10(12)14(16)18-13/h1-2,4,6H,3,5,7-8H2,(H2,16,17,18). The number of nitrogens with two attached hydrogens (primary N) is 1. The Morgan fingerprint density at radius 1 is 1.17 bits per heavy atom. The zero-order valence-corrected chi connectivity index (χ0v) is 9.99. The lowest BCUT2D eigenvalue weighted by atomic mass is 10.1. The van der Waals surface area contributed by atoms with Crippen LogP contribution in [0.25, 0.3) is 0 Å². The molecule has 0 amide bonds. The summed E-state index contributed by atoms with van der Waals surface area (Å²) in [6, 6.07) is 6.69. The van der Waals surface area contributed by atoms with Crippen LogP contribution < -0.4 is 5.73 Å². The maximum atomic E-state index is 13.6. The number of hydrogen-bond donors (Lipinski definition) is 1. The monoisotopic (exact) mass is 243 g/mol. The van der Waals surface area contributed by atoms with Gasteiger partial charge in [-0.05, 0) is 30.9 Å². The molecule has 1 aliphatic carbocycles. The highest BCUT2D eigenvalue weighted by Crippen LogP contribution is 2.24. The molecule has 0 bridgehead atoms. The third kappa shape index (κ3) is 1.94. The molecule has 0 spiro atoms. The minimum Gasteiger partial charge on any atom is -0.383 e. The summed E-state index contributed by atoms with van der Waals surface area (Å²) in [6.45, 7) is 0. The maximum absolute atomic E-state index is 13.6. The number of rotatable bonds is 2. The van der Waals surface area contributed by atoms with Crippen molar-refractivity contribution in [1.82, 2.24) is 9.97 Å². The van der Waals surface area contributed by atoms with Crippen LogP contribution in [0.1, 0.15) is 29.1 Å². The Labute approximate surface area is 105 Å². The maximum Gasteiger partial charge on any atom is 0.135 e. The fourth-order valence-electron chi connectivity index (χ4n) is 2.41. The number of fused-ring (bicyclic) bond motifs is 1. The molecule has 2 N–H and O–H groups in total. The molecule has 0 radical (unpaired) electrons. The zero-order valence-electron chi connectivity index (χ0n) is 9.99. The molecular weight excluding hydrogens is 229 g/mol. The molecule has 1 aromatic heterocycles. The van der Waals surface area contributed by atoms with E-state index in [9.17, 15) is 4.39 Å². The van der Waals surface area contributed by atoms with Crippen LogP contribution in [0, 0.1) is 5.82 Å². The van der Waals surface area contributed by atoms with Crippen LogP contribution in [0.5, 0.6) is 0 Å². The summed E-state index contributed by atoms with van der Waals surface area (Å²) in [5.41, 5.74) is 8.64. The van der Waals surface area contributed by atoms with Crippen LogP contribution in [0.2, 0.25) is 0 Å². The summed E-state index contributed by atoms with van der Waals surface area (Å²) in [6.07, 6.45) is 3.38. The largest absolute Gasteiger partial charge is 0.383 e. The molecule has 1 aliphatic rings. The summed E-state index contributed by atoms with van der Waals surface area (Å²) in [7, 11) is 0. The second kappa shape index (κ2) is 4.37. The minimum atomic E-state index is -0.222. The van der Waals surface area contributed by atoms with E-state index in [0.717, 1.165) is 30.5 Å². The molecule has 0 atom stereocenters. The van der Waals surface area contributed by atoms with Crippen LogP contribution >= 0.6 is 0 Å². The van der Waals surface area contributed by atoms with Crippen molar-refractivity contribution in [1.29, 1.82) is 0 Å². The molecule has 0 saturated carbocycles. The topological polar surface area (TPSA) is 51.8 Å². The molecule has 1 heterocycles. The first-order valence-corrected chi connectivity index (χ1v) is 6.11. The molecule has 18 heavy (non-hydrogen) atoms. The highest BCUT2D eigenvalue weighted by atomic mass is 19.1. The van der Waals surface area contributed by atoms with Crippen molar-refractivity contribution in [2.24, 2.45) is 0 Å². The highest BCUT2D eigenvalue weighted by molar-refractivity contribution is 5.45. The Hall–Kier alpha value is -1.97. The first-order chi connectivity index (χ1) is 8.74. The molecule has 0 aliphatic heterocycles. The van der Waals surface area contributed by atoms with E-state index >= 15 is 0 Å². The second-order valence-corrected chi connectivity index (χ2v) is 4.57. The number of nitrogens with zero attached hydrogens (tertiary/aromatic N) is 2. The number of nitrogen functional groups attached to an aromatic ring is 1. The van der Waals surface area contributed by atoms with Crippen molar-refractivity contribution in [3.63, 3.8) is 0 Å². The quantitative estimate of drug-likeness (QED) is 0.880. The first-order valence-electron chi connectivity index (χ1n) is 6.11. The van der Waals surface area contributed by atoms with Crippen LogP contribution in [0.4, 0.5) is 10.2 Å². The molecule has 92 valence electrons. The van der Waals surface area contributed by atoms with E-state index in [4.69, 9.17) is 5.73 Å². The van der Waals surface area contributed by atoms with Gasteiger partial charge in [-0.2, -0.15) is 0 Å². The number of benzene rings is 1. The number of halogens is 1. The Morgan fingerprint density at radius 2 is 2.00 bits per heavy atom. The Balaban J connectivity index is 1.95. The number of hydrogen-bond acceptors (Lipinski definition) is 3. The molecular formula is C14H14FN3. The summed E-state index contributed by atoms with van der Waals surface area (Å²) < 4.78 is 13.6. The lowest BCUT2D eigenvalue weighted by molar-refractivity contribution is 0.612. The van der Waals surface area contributed by atoms with E-state index in [0.29, 0.717) is 23.6 Å². The Morgan fingerprint density at radius 3 is 2.83 bits per heavy atom. The van der Waals surface area contributed by atoms with Gasteiger partial charge in [0.15, 0.2) is 0 Å². The van der Waals surface area contributed by atoms with E-state index < -0.39 is 0 Å². The van der Waals surface area contributed by atoms with Gasteiger partial charge in [0.1, 0.15) is 17.5 Å². The van der Waals surface area contributed by atoms with Gasteiger partial charge in [0.25, 0.3) is 0 Å². The molecule has 0 saturated heterocycles. The van der Waals surface area contributed by atoms with Crippen molar-refractivity contribution < 1.29 is 4.39 Å². The normalized spacial score (nSPS) is 13.6. The zero-order chi connectivity index (χ0) is 12.5. The Bertz CT molecular complexity index is 596. The second-order valence-electron chi connectivity index (χ2n) is 4.57. The van der Waals surface area contributed by atoms with E-state index in [1.165, 1.54) is 6.07 Å². The molecule has 0 fully saturated rings. The number of aryl methyl sites for hydroxylation is 1. The van der Waals surface area contributed by atoms with E-state index in [1.54, 1.807) is 12.1 Å². The van der Waals surface area contributed by atoms with Gasteiger partial charge in [-0.3, -0.25) is 0 Å². The first kappa shape index (κ1) is 11.1.